The summed E-state index contributed by atoms with van der Waals surface area (Å²) in [6, 6.07) is 7.56. The van der Waals surface area contributed by atoms with E-state index in [1.54, 1.807) is 12.1 Å². The summed E-state index contributed by atoms with van der Waals surface area (Å²) in [5, 5.41) is 3.30. The number of sulfone groups is 1. The summed E-state index contributed by atoms with van der Waals surface area (Å²) in [4.78, 5) is 0.411. The Labute approximate surface area is 110 Å². The molecule has 2 rings (SSSR count). The molecule has 4 heteroatoms. The van der Waals surface area contributed by atoms with Gasteiger partial charge in [-0.3, -0.25) is 0 Å². The largest absolute Gasteiger partial charge is 0.313 e. The standard InChI is InChI=1S/C14H21NO2S/c1-15-14(9-11-5-3-6-11)12-7-4-8-13(10-12)18(2,16)17/h4,7-8,10-11,14-15H,3,5-6,9H2,1-2H3. The van der Waals surface area contributed by atoms with Crippen molar-refractivity contribution in [2.45, 2.75) is 36.6 Å². The number of benzene rings is 1. The van der Waals surface area contributed by atoms with Gasteiger partial charge in [-0.05, 0) is 37.1 Å². The number of hydrogen-bond donors (Lipinski definition) is 1. The van der Waals surface area contributed by atoms with Gasteiger partial charge in [0, 0.05) is 12.3 Å². The Balaban J connectivity index is 2.19. The maximum absolute atomic E-state index is 11.6. The maximum Gasteiger partial charge on any atom is 0.175 e. The van der Waals surface area contributed by atoms with Crippen molar-refractivity contribution in [3.05, 3.63) is 29.8 Å². The summed E-state index contributed by atoms with van der Waals surface area (Å²) in [6.45, 7) is 0. The third-order valence-electron chi connectivity index (χ3n) is 3.83. The molecular formula is C14H21NO2S. The van der Waals surface area contributed by atoms with Crippen LogP contribution in [-0.2, 0) is 9.84 Å². The summed E-state index contributed by atoms with van der Waals surface area (Å²) in [7, 11) is -1.17. The van der Waals surface area contributed by atoms with Crippen molar-refractivity contribution in [1.82, 2.24) is 5.32 Å². The SMILES string of the molecule is CNC(CC1CCC1)c1cccc(S(C)(=O)=O)c1. The molecule has 0 bridgehead atoms. The molecule has 1 aliphatic carbocycles. The number of hydrogen-bond acceptors (Lipinski definition) is 3. The first kappa shape index (κ1) is 13.6. The lowest BCUT2D eigenvalue weighted by Gasteiger charge is -2.29. The molecule has 1 saturated carbocycles. The van der Waals surface area contributed by atoms with Crippen LogP contribution in [0, 0.1) is 5.92 Å². The zero-order valence-corrected chi connectivity index (χ0v) is 11.8. The van der Waals surface area contributed by atoms with Gasteiger partial charge in [-0.15, -0.1) is 0 Å². The van der Waals surface area contributed by atoms with E-state index in [1.807, 2.05) is 19.2 Å². The van der Waals surface area contributed by atoms with E-state index in [4.69, 9.17) is 0 Å². The second-order valence-electron chi connectivity index (χ2n) is 5.22. The molecule has 1 atom stereocenters. The molecule has 1 unspecified atom stereocenters. The van der Waals surface area contributed by atoms with E-state index < -0.39 is 9.84 Å². The lowest BCUT2D eigenvalue weighted by Crippen LogP contribution is -2.23. The average molecular weight is 267 g/mol. The van der Waals surface area contributed by atoms with E-state index in [2.05, 4.69) is 5.32 Å². The van der Waals surface area contributed by atoms with Crippen LogP contribution >= 0.6 is 0 Å². The number of nitrogens with one attached hydrogen (secondary N) is 1. The Morgan fingerprint density at radius 3 is 2.61 bits per heavy atom. The Kier molecular flexibility index (Phi) is 4.07. The Morgan fingerprint density at radius 2 is 2.11 bits per heavy atom. The van der Waals surface area contributed by atoms with Gasteiger partial charge in [0.25, 0.3) is 0 Å². The van der Waals surface area contributed by atoms with Crippen LogP contribution in [0.25, 0.3) is 0 Å². The van der Waals surface area contributed by atoms with Crippen LogP contribution < -0.4 is 5.32 Å². The average Bonchev–Trinajstić information content (AvgIpc) is 2.27. The minimum absolute atomic E-state index is 0.261. The molecule has 3 nitrogen and oxygen atoms in total. The van der Waals surface area contributed by atoms with Gasteiger partial charge in [0.2, 0.25) is 0 Å². The summed E-state index contributed by atoms with van der Waals surface area (Å²) in [5.74, 6) is 0.796. The predicted octanol–water partition coefficient (Wildman–Crippen LogP) is 2.54. The molecule has 1 fully saturated rings. The highest BCUT2D eigenvalue weighted by molar-refractivity contribution is 7.90. The van der Waals surface area contributed by atoms with Crippen molar-refractivity contribution < 1.29 is 8.42 Å². The molecule has 100 valence electrons. The smallest absolute Gasteiger partial charge is 0.175 e. The first-order chi connectivity index (χ1) is 8.50. The highest BCUT2D eigenvalue weighted by Crippen LogP contribution is 2.34. The molecular weight excluding hydrogens is 246 g/mol. The highest BCUT2D eigenvalue weighted by atomic mass is 32.2. The Bertz CT molecular complexity index is 506. The van der Waals surface area contributed by atoms with Crippen molar-refractivity contribution in [3.8, 4) is 0 Å². The van der Waals surface area contributed by atoms with Crippen molar-refractivity contribution in [2.75, 3.05) is 13.3 Å². The van der Waals surface area contributed by atoms with E-state index in [9.17, 15) is 8.42 Å². The summed E-state index contributed by atoms with van der Waals surface area (Å²) >= 11 is 0. The summed E-state index contributed by atoms with van der Waals surface area (Å²) in [5.41, 5.74) is 1.08. The molecule has 1 N–H and O–H groups in total. The van der Waals surface area contributed by atoms with Gasteiger partial charge in [0.1, 0.15) is 0 Å². The minimum Gasteiger partial charge on any atom is -0.313 e. The van der Waals surface area contributed by atoms with Crippen LogP contribution in [0.1, 0.15) is 37.3 Å². The quantitative estimate of drug-likeness (QED) is 0.891. The van der Waals surface area contributed by atoms with Gasteiger partial charge < -0.3 is 5.32 Å². The van der Waals surface area contributed by atoms with Crippen LogP contribution in [0.4, 0.5) is 0 Å². The van der Waals surface area contributed by atoms with Gasteiger partial charge in [0.15, 0.2) is 9.84 Å². The van der Waals surface area contributed by atoms with E-state index >= 15 is 0 Å². The molecule has 18 heavy (non-hydrogen) atoms. The zero-order chi connectivity index (χ0) is 13.2. The van der Waals surface area contributed by atoms with Gasteiger partial charge in [-0.2, -0.15) is 0 Å². The van der Waals surface area contributed by atoms with E-state index in [0.29, 0.717) is 4.90 Å². The molecule has 0 aromatic heterocycles. The highest BCUT2D eigenvalue weighted by Gasteiger charge is 2.22. The van der Waals surface area contributed by atoms with Crippen molar-refractivity contribution in [3.63, 3.8) is 0 Å². The van der Waals surface area contributed by atoms with E-state index in [0.717, 1.165) is 17.9 Å². The molecule has 0 spiro atoms. The third kappa shape index (κ3) is 3.12. The summed E-state index contributed by atoms with van der Waals surface area (Å²) < 4.78 is 23.1. The lowest BCUT2D eigenvalue weighted by molar-refractivity contribution is 0.265. The molecule has 0 amide bonds. The van der Waals surface area contributed by atoms with Crippen LogP contribution in [0.15, 0.2) is 29.2 Å². The van der Waals surface area contributed by atoms with Crippen LogP contribution in [-0.4, -0.2) is 21.7 Å². The molecule has 0 heterocycles. The molecule has 1 aromatic rings. The third-order valence-corrected chi connectivity index (χ3v) is 4.94. The lowest BCUT2D eigenvalue weighted by atomic mass is 9.79. The van der Waals surface area contributed by atoms with Crippen LogP contribution in [0.2, 0.25) is 0 Å². The second-order valence-corrected chi connectivity index (χ2v) is 7.23. The number of rotatable bonds is 5. The Morgan fingerprint density at radius 1 is 1.39 bits per heavy atom. The van der Waals surface area contributed by atoms with Crippen LogP contribution in [0.5, 0.6) is 0 Å². The van der Waals surface area contributed by atoms with Crippen LogP contribution in [0.3, 0.4) is 0 Å². The minimum atomic E-state index is -3.11. The topological polar surface area (TPSA) is 46.2 Å². The molecule has 1 aliphatic rings. The van der Waals surface area contributed by atoms with E-state index in [-0.39, 0.29) is 6.04 Å². The first-order valence-electron chi connectivity index (χ1n) is 6.48. The fourth-order valence-electron chi connectivity index (χ4n) is 2.44. The van der Waals surface area contributed by atoms with Gasteiger partial charge >= 0.3 is 0 Å². The summed E-state index contributed by atoms with van der Waals surface area (Å²) in [6.07, 6.45) is 6.31. The Hall–Kier alpha value is -0.870. The normalized spacial score (nSPS) is 18.3. The van der Waals surface area contributed by atoms with E-state index in [1.165, 1.54) is 25.5 Å². The monoisotopic (exact) mass is 267 g/mol. The van der Waals surface area contributed by atoms with Crippen molar-refractivity contribution in [2.24, 2.45) is 5.92 Å². The van der Waals surface area contributed by atoms with Crippen molar-refractivity contribution >= 4 is 9.84 Å². The fraction of sp³-hybridized carbons (Fsp3) is 0.571. The fourth-order valence-corrected chi connectivity index (χ4v) is 3.12. The zero-order valence-electron chi connectivity index (χ0n) is 11.0. The van der Waals surface area contributed by atoms with Gasteiger partial charge in [0.05, 0.1) is 4.90 Å². The second kappa shape index (κ2) is 5.41. The maximum atomic E-state index is 11.6. The molecule has 0 radical (unpaired) electrons. The molecule has 1 aromatic carbocycles. The van der Waals surface area contributed by atoms with Crippen molar-refractivity contribution in [1.29, 1.82) is 0 Å². The first-order valence-corrected chi connectivity index (χ1v) is 8.37. The predicted molar refractivity (Wildman–Crippen MR) is 73.3 cm³/mol. The van der Waals surface area contributed by atoms with Gasteiger partial charge in [-0.1, -0.05) is 31.4 Å². The molecule has 0 saturated heterocycles. The molecule has 0 aliphatic heterocycles. The van der Waals surface area contributed by atoms with Gasteiger partial charge in [-0.25, -0.2) is 8.42 Å².